The normalized spacial score (nSPS) is 10.8. The largest absolute Gasteiger partial charge is 0.378 e. The molecule has 3 aromatic rings. The maximum absolute atomic E-state index is 12.3. The Labute approximate surface area is 134 Å². The highest BCUT2D eigenvalue weighted by Gasteiger charge is 2.08. The van der Waals surface area contributed by atoms with E-state index in [4.69, 9.17) is 4.74 Å². The van der Waals surface area contributed by atoms with Crippen molar-refractivity contribution in [2.24, 2.45) is 0 Å². The van der Waals surface area contributed by atoms with Crippen LogP contribution < -0.4 is 5.32 Å². The number of fused-ring (bicyclic) bond motifs is 1. The van der Waals surface area contributed by atoms with Crippen LogP contribution in [0.3, 0.4) is 0 Å². The summed E-state index contributed by atoms with van der Waals surface area (Å²) in [5.41, 5.74) is 0.696. The summed E-state index contributed by atoms with van der Waals surface area (Å²) in [4.78, 5) is 16.3. The quantitative estimate of drug-likeness (QED) is 0.682. The number of benzene rings is 2. The highest BCUT2D eigenvalue weighted by molar-refractivity contribution is 6.06. The Bertz CT molecular complexity index is 764. The van der Waals surface area contributed by atoms with Crippen LogP contribution in [0.4, 0.5) is 0 Å². The fourth-order valence-electron chi connectivity index (χ4n) is 2.45. The number of carbonyl (C=O) groups is 1. The van der Waals surface area contributed by atoms with Crippen LogP contribution >= 0.6 is 0 Å². The molecule has 0 aliphatic heterocycles. The van der Waals surface area contributed by atoms with E-state index in [1.165, 1.54) is 0 Å². The molecule has 0 aliphatic carbocycles. The highest BCUT2D eigenvalue weighted by atomic mass is 16.5. The molecule has 0 bridgehead atoms. The Morgan fingerprint density at radius 1 is 1.13 bits per heavy atom. The Kier molecular flexibility index (Phi) is 5.01. The van der Waals surface area contributed by atoms with Crippen molar-refractivity contribution in [2.75, 3.05) is 19.8 Å². The third-order valence-electron chi connectivity index (χ3n) is 3.62. The SMILES string of the molecule is O=C(NCCOCCn1ccnc1)c1cccc2ccccc12. The van der Waals surface area contributed by atoms with Gasteiger partial charge in [-0.2, -0.15) is 0 Å². The van der Waals surface area contributed by atoms with Gasteiger partial charge >= 0.3 is 0 Å². The number of nitrogens with zero attached hydrogens (tertiary/aromatic N) is 2. The second-order valence-electron chi connectivity index (χ2n) is 5.20. The minimum absolute atomic E-state index is 0.0694. The first-order valence-electron chi connectivity index (χ1n) is 7.64. The van der Waals surface area contributed by atoms with Crippen LogP contribution in [-0.2, 0) is 11.3 Å². The number of aromatic nitrogens is 2. The lowest BCUT2D eigenvalue weighted by Gasteiger charge is -2.09. The molecule has 5 nitrogen and oxygen atoms in total. The number of carbonyl (C=O) groups excluding carboxylic acids is 1. The minimum Gasteiger partial charge on any atom is -0.378 e. The highest BCUT2D eigenvalue weighted by Crippen LogP contribution is 2.18. The van der Waals surface area contributed by atoms with E-state index >= 15 is 0 Å². The summed E-state index contributed by atoms with van der Waals surface area (Å²) in [7, 11) is 0. The molecular weight excluding hydrogens is 290 g/mol. The molecule has 118 valence electrons. The van der Waals surface area contributed by atoms with Crippen LogP contribution in [0, 0.1) is 0 Å². The standard InChI is InChI=1S/C18H19N3O2/c22-18(17-7-3-5-15-4-1-2-6-16(15)17)20-9-12-23-13-11-21-10-8-19-14-21/h1-8,10,14H,9,11-13H2,(H,20,22). The molecule has 0 radical (unpaired) electrons. The molecule has 0 saturated carbocycles. The number of hydrogen-bond donors (Lipinski definition) is 1. The van der Waals surface area contributed by atoms with Gasteiger partial charge in [0.05, 0.1) is 19.5 Å². The predicted octanol–water partition coefficient (Wildman–Crippen LogP) is 2.48. The van der Waals surface area contributed by atoms with E-state index in [0.29, 0.717) is 25.3 Å². The third-order valence-corrected chi connectivity index (χ3v) is 3.62. The summed E-state index contributed by atoms with van der Waals surface area (Å²) in [5, 5.41) is 4.93. The Balaban J connectivity index is 1.45. The number of amides is 1. The van der Waals surface area contributed by atoms with Crippen molar-refractivity contribution in [3.05, 3.63) is 66.7 Å². The van der Waals surface area contributed by atoms with E-state index in [2.05, 4.69) is 10.3 Å². The van der Waals surface area contributed by atoms with Crippen LogP contribution in [0.5, 0.6) is 0 Å². The first-order chi connectivity index (χ1) is 11.3. The van der Waals surface area contributed by atoms with E-state index in [1.54, 1.807) is 12.5 Å². The van der Waals surface area contributed by atoms with Gasteiger partial charge in [-0.05, 0) is 16.8 Å². The molecule has 0 aliphatic rings. The van der Waals surface area contributed by atoms with Gasteiger partial charge in [0.15, 0.2) is 0 Å². The van der Waals surface area contributed by atoms with Crippen molar-refractivity contribution in [3.63, 3.8) is 0 Å². The molecule has 3 rings (SSSR count). The Hall–Kier alpha value is -2.66. The second-order valence-corrected chi connectivity index (χ2v) is 5.20. The zero-order valence-electron chi connectivity index (χ0n) is 12.8. The summed E-state index contributed by atoms with van der Waals surface area (Å²) < 4.78 is 7.47. The third kappa shape index (κ3) is 3.96. The van der Waals surface area contributed by atoms with Crippen molar-refractivity contribution in [1.29, 1.82) is 0 Å². The summed E-state index contributed by atoms with van der Waals surface area (Å²) in [6.07, 6.45) is 5.39. The fourth-order valence-corrected chi connectivity index (χ4v) is 2.45. The zero-order chi connectivity index (χ0) is 15.9. The van der Waals surface area contributed by atoms with Crippen LogP contribution in [-0.4, -0.2) is 35.2 Å². The van der Waals surface area contributed by atoms with Crippen molar-refractivity contribution < 1.29 is 9.53 Å². The molecule has 1 amide bonds. The number of nitrogens with one attached hydrogen (secondary N) is 1. The number of imidazole rings is 1. The Morgan fingerprint density at radius 2 is 2.00 bits per heavy atom. The molecule has 1 heterocycles. The summed E-state index contributed by atoms with van der Waals surface area (Å²) in [5.74, 6) is -0.0694. The van der Waals surface area contributed by atoms with E-state index in [1.807, 2.05) is 53.2 Å². The molecule has 1 aromatic heterocycles. The average molecular weight is 309 g/mol. The second kappa shape index (κ2) is 7.56. The number of rotatable bonds is 7. The molecule has 0 atom stereocenters. The van der Waals surface area contributed by atoms with Gasteiger partial charge in [0, 0.05) is 31.0 Å². The van der Waals surface area contributed by atoms with Gasteiger partial charge < -0.3 is 14.6 Å². The smallest absolute Gasteiger partial charge is 0.251 e. The van der Waals surface area contributed by atoms with E-state index in [-0.39, 0.29) is 5.91 Å². The summed E-state index contributed by atoms with van der Waals surface area (Å²) >= 11 is 0. The van der Waals surface area contributed by atoms with Gasteiger partial charge in [-0.25, -0.2) is 4.98 Å². The molecule has 0 fully saturated rings. The van der Waals surface area contributed by atoms with Gasteiger partial charge in [0.25, 0.3) is 5.91 Å². The molecule has 0 saturated heterocycles. The molecule has 0 spiro atoms. The van der Waals surface area contributed by atoms with Crippen LogP contribution in [0.25, 0.3) is 10.8 Å². The summed E-state index contributed by atoms with van der Waals surface area (Å²) in [6, 6.07) is 13.6. The monoisotopic (exact) mass is 309 g/mol. The minimum atomic E-state index is -0.0694. The van der Waals surface area contributed by atoms with Gasteiger partial charge in [0.1, 0.15) is 0 Å². The predicted molar refractivity (Wildman–Crippen MR) is 89.3 cm³/mol. The van der Waals surface area contributed by atoms with Gasteiger partial charge in [-0.1, -0.05) is 36.4 Å². The van der Waals surface area contributed by atoms with E-state index < -0.39 is 0 Å². The zero-order valence-corrected chi connectivity index (χ0v) is 12.8. The van der Waals surface area contributed by atoms with Crippen molar-refractivity contribution in [1.82, 2.24) is 14.9 Å². The lowest BCUT2D eigenvalue weighted by molar-refractivity contribution is 0.0910. The fraction of sp³-hybridized carbons (Fsp3) is 0.222. The van der Waals surface area contributed by atoms with Gasteiger partial charge in [0.2, 0.25) is 0 Å². The first-order valence-corrected chi connectivity index (χ1v) is 7.64. The molecule has 2 aromatic carbocycles. The lowest BCUT2D eigenvalue weighted by atomic mass is 10.0. The van der Waals surface area contributed by atoms with Gasteiger partial charge in [-0.15, -0.1) is 0 Å². The van der Waals surface area contributed by atoms with Crippen molar-refractivity contribution in [2.45, 2.75) is 6.54 Å². The number of hydrogen-bond acceptors (Lipinski definition) is 3. The van der Waals surface area contributed by atoms with Crippen LogP contribution in [0.2, 0.25) is 0 Å². The van der Waals surface area contributed by atoms with Gasteiger partial charge in [-0.3, -0.25) is 4.79 Å². The molecular formula is C18H19N3O2. The Morgan fingerprint density at radius 3 is 2.87 bits per heavy atom. The first kappa shape index (κ1) is 15.2. The van der Waals surface area contributed by atoms with E-state index in [0.717, 1.165) is 17.3 Å². The average Bonchev–Trinajstić information content (AvgIpc) is 3.10. The number of ether oxygens (including phenoxy) is 1. The summed E-state index contributed by atoms with van der Waals surface area (Å²) in [6.45, 7) is 2.34. The molecule has 0 unspecified atom stereocenters. The van der Waals surface area contributed by atoms with Crippen LogP contribution in [0.15, 0.2) is 61.2 Å². The maximum Gasteiger partial charge on any atom is 0.251 e. The maximum atomic E-state index is 12.3. The molecule has 5 heteroatoms. The topological polar surface area (TPSA) is 56.1 Å². The van der Waals surface area contributed by atoms with Crippen LogP contribution in [0.1, 0.15) is 10.4 Å². The molecule has 1 N–H and O–H groups in total. The van der Waals surface area contributed by atoms with E-state index in [9.17, 15) is 4.79 Å². The lowest BCUT2D eigenvalue weighted by Crippen LogP contribution is -2.27. The van der Waals surface area contributed by atoms with Crippen molar-refractivity contribution >= 4 is 16.7 Å². The van der Waals surface area contributed by atoms with Crippen molar-refractivity contribution in [3.8, 4) is 0 Å². The molecule has 23 heavy (non-hydrogen) atoms.